The Kier molecular flexibility index (Phi) is 3.68. The molecule has 1 N–H and O–H groups in total. The summed E-state index contributed by atoms with van der Waals surface area (Å²) in [4.78, 5) is 24.6. The van der Waals surface area contributed by atoms with E-state index in [-0.39, 0.29) is 5.91 Å². The summed E-state index contributed by atoms with van der Waals surface area (Å²) in [5.41, 5.74) is 2.54. The first-order chi connectivity index (χ1) is 10.5. The predicted octanol–water partition coefficient (Wildman–Crippen LogP) is 2.83. The minimum atomic E-state index is -0.169. The summed E-state index contributed by atoms with van der Waals surface area (Å²) >= 11 is 1.30. The molecule has 8 heteroatoms. The van der Waals surface area contributed by atoms with Gasteiger partial charge < -0.3 is 9.84 Å². The van der Waals surface area contributed by atoms with Crippen LogP contribution in [0.2, 0.25) is 0 Å². The molecule has 3 aromatic heterocycles. The summed E-state index contributed by atoms with van der Waals surface area (Å²) in [6.45, 7) is 5.21. The van der Waals surface area contributed by atoms with E-state index in [0.29, 0.717) is 16.8 Å². The van der Waals surface area contributed by atoms with Crippen molar-refractivity contribution < 1.29 is 9.32 Å². The Balaban J connectivity index is 1.94. The fraction of sp³-hybridized carbons (Fsp3) is 0.214. The SMILES string of the molecule is CC(=O)Nc1nc(C)c(-c2nc(-c3cncc(C)c3)no2)s1. The lowest BCUT2D eigenvalue weighted by Gasteiger charge is -1.94. The largest absolute Gasteiger partial charge is 0.333 e. The van der Waals surface area contributed by atoms with Crippen LogP contribution < -0.4 is 5.32 Å². The molecule has 0 radical (unpaired) electrons. The molecule has 0 spiro atoms. The first-order valence-electron chi connectivity index (χ1n) is 6.54. The molecule has 0 aromatic carbocycles. The summed E-state index contributed by atoms with van der Waals surface area (Å²) in [7, 11) is 0. The van der Waals surface area contributed by atoms with Crippen LogP contribution in [0.5, 0.6) is 0 Å². The van der Waals surface area contributed by atoms with Crippen molar-refractivity contribution in [3.63, 3.8) is 0 Å². The number of aryl methyl sites for hydroxylation is 2. The van der Waals surface area contributed by atoms with Crippen molar-refractivity contribution in [1.82, 2.24) is 20.1 Å². The summed E-state index contributed by atoms with van der Waals surface area (Å²) in [6.07, 6.45) is 3.45. The van der Waals surface area contributed by atoms with Gasteiger partial charge in [0.25, 0.3) is 5.89 Å². The van der Waals surface area contributed by atoms with Crippen molar-refractivity contribution in [2.75, 3.05) is 5.32 Å². The summed E-state index contributed by atoms with van der Waals surface area (Å²) in [6, 6.07) is 1.93. The lowest BCUT2D eigenvalue weighted by atomic mass is 10.2. The number of carbonyl (C=O) groups excluding carboxylic acids is 1. The first-order valence-corrected chi connectivity index (χ1v) is 7.35. The third-order valence-corrected chi connectivity index (χ3v) is 3.89. The molecule has 1 amide bonds. The molecule has 0 aliphatic heterocycles. The van der Waals surface area contributed by atoms with Crippen molar-refractivity contribution in [2.24, 2.45) is 0 Å². The van der Waals surface area contributed by atoms with Gasteiger partial charge in [0.2, 0.25) is 11.7 Å². The zero-order chi connectivity index (χ0) is 15.7. The molecular weight excluding hydrogens is 302 g/mol. The zero-order valence-electron chi connectivity index (χ0n) is 12.2. The van der Waals surface area contributed by atoms with Gasteiger partial charge in [0, 0.05) is 24.9 Å². The van der Waals surface area contributed by atoms with Crippen LogP contribution in [0.15, 0.2) is 23.0 Å². The Labute approximate surface area is 130 Å². The van der Waals surface area contributed by atoms with Gasteiger partial charge in [0.1, 0.15) is 4.88 Å². The Morgan fingerprint density at radius 2 is 2.09 bits per heavy atom. The first kappa shape index (κ1) is 14.3. The molecule has 7 nitrogen and oxygen atoms in total. The average molecular weight is 315 g/mol. The van der Waals surface area contributed by atoms with E-state index in [0.717, 1.165) is 21.7 Å². The van der Waals surface area contributed by atoms with Crippen molar-refractivity contribution in [3.8, 4) is 22.2 Å². The van der Waals surface area contributed by atoms with Crippen molar-refractivity contribution in [2.45, 2.75) is 20.8 Å². The molecule has 3 aromatic rings. The van der Waals surface area contributed by atoms with E-state index in [2.05, 4.69) is 25.4 Å². The van der Waals surface area contributed by atoms with Crippen LogP contribution in [-0.2, 0) is 4.79 Å². The Morgan fingerprint density at radius 3 is 2.82 bits per heavy atom. The van der Waals surface area contributed by atoms with Gasteiger partial charge in [-0.3, -0.25) is 9.78 Å². The number of carbonyl (C=O) groups is 1. The van der Waals surface area contributed by atoms with E-state index in [1.165, 1.54) is 18.3 Å². The minimum Gasteiger partial charge on any atom is -0.333 e. The van der Waals surface area contributed by atoms with Gasteiger partial charge in [-0.05, 0) is 25.5 Å². The molecule has 0 bridgehead atoms. The number of aromatic nitrogens is 4. The second-order valence-corrected chi connectivity index (χ2v) is 5.79. The quantitative estimate of drug-likeness (QED) is 0.798. The average Bonchev–Trinajstić information content (AvgIpc) is 3.05. The molecular formula is C14H13N5O2S. The van der Waals surface area contributed by atoms with Crippen LogP contribution in [0.3, 0.4) is 0 Å². The summed E-state index contributed by atoms with van der Waals surface area (Å²) in [5, 5.41) is 7.14. The molecule has 112 valence electrons. The van der Waals surface area contributed by atoms with Crippen LogP contribution in [0.4, 0.5) is 5.13 Å². The maximum absolute atomic E-state index is 11.1. The smallest absolute Gasteiger partial charge is 0.270 e. The molecule has 3 rings (SSSR count). The molecule has 0 saturated heterocycles. The van der Waals surface area contributed by atoms with Gasteiger partial charge in [0.05, 0.1) is 5.69 Å². The predicted molar refractivity (Wildman–Crippen MR) is 82.4 cm³/mol. The third-order valence-electron chi connectivity index (χ3n) is 2.83. The number of hydrogen-bond acceptors (Lipinski definition) is 7. The number of nitrogens with one attached hydrogen (secondary N) is 1. The molecule has 0 atom stereocenters. The van der Waals surface area contributed by atoms with Gasteiger partial charge >= 0.3 is 0 Å². The lowest BCUT2D eigenvalue weighted by Crippen LogP contribution is -2.04. The monoisotopic (exact) mass is 315 g/mol. The Bertz CT molecular complexity index is 839. The van der Waals surface area contributed by atoms with Gasteiger partial charge in [0.15, 0.2) is 5.13 Å². The minimum absolute atomic E-state index is 0.169. The van der Waals surface area contributed by atoms with Crippen LogP contribution in [-0.4, -0.2) is 26.0 Å². The van der Waals surface area contributed by atoms with Crippen LogP contribution in [0, 0.1) is 13.8 Å². The molecule has 0 unspecified atom stereocenters. The number of pyridine rings is 1. The zero-order valence-corrected chi connectivity index (χ0v) is 13.1. The molecule has 0 aliphatic carbocycles. The number of amides is 1. The number of hydrogen-bond donors (Lipinski definition) is 1. The fourth-order valence-electron chi connectivity index (χ4n) is 1.91. The fourth-order valence-corrected chi connectivity index (χ4v) is 2.84. The maximum Gasteiger partial charge on any atom is 0.270 e. The second-order valence-electron chi connectivity index (χ2n) is 4.79. The number of anilines is 1. The molecule has 3 heterocycles. The van der Waals surface area contributed by atoms with E-state index >= 15 is 0 Å². The van der Waals surface area contributed by atoms with E-state index in [1.54, 1.807) is 12.4 Å². The van der Waals surface area contributed by atoms with Crippen molar-refractivity contribution in [3.05, 3.63) is 29.7 Å². The highest BCUT2D eigenvalue weighted by Gasteiger charge is 2.17. The highest BCUT2D eigenvalue weighted by atomic mass is 32.1. The highest BCUT2D eigenvalue weighted by molar-refractivity contribution is 7.19. The lowest BCUT2D eigenvalue weighted by molar-refractivity contribution is -0.114. The van der Waals surface area contributed by atoms with E-state index in [1.807, 2.05) is 19.9 Å². The van der Waals surface area contributed by atoms with Gasteiger partial charge in [-0.1, -0.05) is 16.5 Å². The van der Waals surface area contributed by atoms with Gasteiger partial charge in [-0.25, -0.2) is 4.98 Å². The summed E-state index contributed by atoms with van der Waals surface area (Å²) < 4.78 is 5.31. The molecule has 0 aliphatic rings. The summed E-state index contributed by atoms with van der Waals surface area (Å²) in [5.74, 6) is 0.681. The topological polar surface area (TPSA) is 93.8 Å². The molecule has 0 fully saturated rings. The second kappa shape index (κ2) is 5.64. The molecule has 22 heavy (non-hydrogen) atoms. The number of thiazole rings is 1. The molecule has 0 saturated carbocycles. The maximum atomic E-state index is 11.1. The normalized spacial score (nSPS) is 10.7. The number of rotatable bonds is 3. The highest BCUT2D eigenvalue weighted by Crippen LogP contribution is 2.32. The van der Waals surface area contributed by atoms with Crippen molar-refractivity contribution in [1.29, 1.82) is 0 Å². The standard InChI is InChI=1S/C14H13N5O2S/c1-7-4-10(6-15-5-7)12-18-13(21-19-12)11-8(2)16-14(22-11)17-9(3)20/h4-6H,1-3H3,(H,16,17,20). The Hall–Kier alpha value is -2.61. The number of nitrogens with zero attached hydrogens (tertiary/aromatic N) is 4. The van der Waals surface area contributed by atoms with E-state index in [4.69, 9.17) is 4.52 Å². The van der Waals surface area contributed by atoms with Gasteiger partial charge in [-0.15, -0.1) is 0 Å². The van der Waals surface area contributed by atoms with Crippen LogP contribution >= 0.6 is 11.3 Å². The van der Waals surface area contributed by atoms with Crippen LogP contribution in [0.25, 0.3) is 22.2 Å². The Morgan fingerprint density at radius 1 is 1.27 bits per heavy atom. The third kappa shape index (κ3) is 2.86. The van der Waals surface area contributed by atoms with Crippen LogP contribution in [0.1, 0.15) is 18.2 Å². The van der Waals surface area contributed by atoms with E-state index in [9.17, 15) is 4.79 Å². The van der Waals surface area contributed by atoms with Crippen molar-refractivity contribution >= 4 is 22.4 Å². The van der Waals surface area contributed by atoms with E-state index < -0.39 is 0 Å². The van der Waals surface area contributed by atoms with Gasteiger partial charge in [-0.2, -0.15) is 4.98 Å².